The van der Waals surface area contributed by atoms with Gasteiger partial charge >= 0.3 is 12.4 Å². The summed E-state index contributed by atoms with van der Waals surface area (Å²) in [5, 5.41) is 5.49. The summed E-state index contributed by atoms with van der Waals surface area (Å²) >= 11 is 0. The monoisotopic (exact) mass is 482 g/mol. The predicted octanol–water partition coefficient (Wildman–Crippen LogP) is 3.42. The first kappa shape index (κ1) is 25.2. The number of amides is 3. The van der Waals surface area contributed by atoms with Crippen molar-refractivity contribution < 1.29 is 37.0 Å². The molecule has 1 aromatic heterocycles. The number of fused-ring (bicyclic) bond motifs is 1. The zero-order valence-electron chi connectivity index (χ0n) is 18.6. The van der Waals surface area contributed by atoms with Gasteiger partial charge in [-0.1, -0.05) is 19.1 Å². The highest BCUT2D eigenvalue weighted by Crippen LogP contribution is 2.29. The lowest BCUT2D eigenvalue weighted by atomic mass is 10.1. The third-order valence-electron chi connectivity index (χ3n) is 4.94. The molecule has 2 aromatic rings. The quantitative estimate of drug-likeness (QED) is 0.531. The fourth-order valence-electron chi connectivity index (χ4n) is 3.27. The normalized spacial score (nSPS) is 14.3. The van der Waals surface area contributed by atoms with Gasteiger partial charge in [0.15, 0.2) is 5.82 Å². The summed E-state index contributed by atoms with van der Waals surface area (Å²) in [6, 6.07) is 5.51. The van der Waals surface area contributed by atoms with E-state index in [1.54, 1.807) is 12.3 Å². The first-order valence-corrected chi connectivity index (χ1v) is 10.5. The SMILES string of the molecule is CCc1cnc2c(c1)NC(=O)CN2C(=O)NC(COCCOC)c1ccc(OC(F)(F)F)cc1. The maximum absolute atomic E-state index is 13.1. The first-order chi connectivity index (χ1) is 16.2. The minimum Gasteiger partial charge on any atom is -0.406 e. The number of pyridine rings is 1. The molecule has 1 aliphatic heterocycles. The van der Waals surface area contributed by atoms with Gasteiger partial charge in [-0.3, -0.25) is 9.69 Å². The Morgan fingerprint density at radius 3 is 2.65 bits per heavy atom. The smallest absolute Gasteiger partial charge is 0.406 e. The van der Waals surface area contributed by atoms with E-state index in [2.05, 4.69) is 20.4 Å². The summed E-state index contributed by atoms with van der Waals surface area (Å²) < 4.78 is 51.8. The Balaban J connectivity index is 1.79. The van der Waals surface area contributed by atoms with Crippen LogP contribution in [0.25, 0.3) is 0 Å². The van der Waals surface area contributed by atoms with Crippen molar-refractivity contribution in [2.24, 2.45) is 0 Å². The summed E-state index contributed by atoms with van der Waals surface area (Å²) in [5.41, 5.74) is 1.80. The number of anilines is 2. The van der Waals surface area contributed by atoms with Crippen LogP contribution in [-0.2, 0) is 20.7 Å². The Bertz CT molecular complexity index is 1000. The molecule has 2 heterocycles. The Morgan fingerprint density at radius 2 is 2.00 bits per heavy atom. The van der Waals surface area contributed by atoms with Crippen LogP contribution < -0.4 is 20.3 Å². The fourth-order valence-corrected chi connectivity index (χ4v) is 3.27. The number of hydrogen-bond acceptors (Lipinski definition) is 6. The van der Waals surface area contributed by atoms with Crippen LogP contribution in [-0.4, -0.2) is 56.8 Å². The van der Waals surface area contributed by atoms with Gasteiger partial charge in [0.2, 0.25) is 5.91 Å². The number of rotatable bonds is 9. The number of carbonyl (C=O) groups excluding carboxylic acids is 2. The molecule has 1 atom stereocenters. The Labute approximate surface area is 194 Å². The number of aryl methyl sites for hydroxylation is 1. The summed E-state index contributed by atoms with van der Waals surface area (Å²) in [7, 11) is 1.51. The molecule has 2 N–H and O–H groups in total. The Morgan fingerprint density at radius 1 is 1.26 bits per heavy atom. The van der Waals surface area contributed by atoms with Gasteiger partial charge in [0, 0.05) is 13.3 Å². The third kappa shape index (κ3) is 6.81. The van der Waals surface area contributed by atoms with Gasteiger partial charge in [-0.15, -0.1) is 13.2 Å². The molecule has 0 spiro atoms. The van der Waals surface area contributed by atoms with Gasteiger partial charge in [0.25, 0.3) is 0 Å². The van der Waals surface area contributed by atoms with Crippen molar-refractivity contribution in [3.63, 3.8) is 0 Å². The Kier molecular flexibility index (Phi) is 8.29. The van der Waals surface area contributed by atoms with E-state index in [1.807, 2.05) is 6.92 Å². The molecule has 0 saturated carbocycles. The molecule has 1 aliphatic rings. The number of methoxy groups -OCH3 is 1. The van der Waals surface area contributed by atoms with Crippen LogP contribution >= 0.6 is 0 Å². The number of hydrogen-bond donors (Lipinski definition) is 2. The maximum atomic E-state index is 13.1. The number of aromatic nitrogens is 1. The van der Waals surface area contributed by atoms with E-state index in [4.69, 9.17) is 9.47 Å². The first-order valence-electron chi connectivity index (χ1n) is 10.5. The van der Waals surface area contributed by atoms with Gasteiger partial charge in [-0.05, 0) is 35.7 Å². The van der Waals surface area contributed by atoms with E-state index in [1.165, 1.54) is 24.1 Å². The molecule has 1 aromatic carbocycles. The summed E-state index contributed by atoms with van der Waals surface area (Å²) in [4.78, 5) is 30.8. The molecule has 12 heteroatoms. The predicted molar refractivity (Wildman–Crippen MR) is 117 cm³/mol. The highest BCUT2D eigenvalue weighted by atomic mass is 19.4. The lowest BCUT2D eigenvalue weighted by molar-refractivity contribution is -0.274. The molecule has 3 rings (SSSR count). The van der Waals surface area contributed by atoms with E-state index < -0.39 is 18.4 Å². The molecule has 1 unspecified atom stereocenters. The number of ether oxygens (including phenoxy) is 3. The zero-order chi connectivity index (χ0) is 24.7. The van der Waals surface area contributed by atoms with Gasteiger partial charge in [-0.2, -0.15) is 0 Å². The van der Waals surface area contributed by atoms with Crippen LogP contribution in [0, 0.1) is 0 Å². The summed E-state index contributed by atoms with van der Waals surface area (Å²) in [5.74, 6) is -0.472. The largest absolute Gasteiger partial charge is 0.573 e. The molecule has 184 valence electrons. The highest BCUT2D eigenvalue weighted by Gasteiger charge is 2.32. The molecule has 0 saturated heterocycles. The molecule has 0 aliphatic carbocycles. The number of nitrogens with zero attached hydrogens (tertiary/aromatic N) is 2. The summed E-state index contributed by atoms with van der Waals surface area (Å²) in [6.45, 7) is 2.28. The van der Waals surface area contributed by atoms with Crippen LogP contribution in [0.1, 0.15) is 24.1 Å². The Hall–Kier alpha value is -3.38. The average molecular weight is 482 g/mol. The van der Waals surface area contributed by atoms with Crippen LogP contribution in [0.15, 0.2) is 36.5 Å². The molecule has 0 fully saturated rings. The average Bonchev–Trinajstić information content (AvgIpc) is 2.79. The molecular weight excluding hydrogens is 457 g/mol. The van der Waals surface area contributed by atoms with E-state index in [0.717, 1.165) is 17.7 Å². The summed E-state index contributed by atoms with van der Waals surface area (Å²) in [6.07, 6.45) is -2.48. The van der Waals surface area contributed by atoms with Crippen LogP contribution in [0.4, 0.5) is 29.5 Å². The van der Waals surface area contributed by atoms with Crippen molar-refractivity contribution in [3.05, 3.63) is 47.7 Å². The molecule has 0 bridgehead atoms. The van der Waals surface area contributed by atoms with Crippen LogP contribution in [0.2, 0.25) is 0 Å². The number of nitrogens with one attached hydrogen (secondary N) is 2. The van der Waals surface area contributed by atoms with Crippen molar-refractivity contribution in [3.8, 4) is 5.75 Å². The lowest BCUT2D eigenvalue weighted by Gasteiger charge is -2.30. The lowest BCUT2D eigenvalue weighted by Crippen LogP contribution is -2.49. The van der Waals surface area contributed by atoms with Crippen LogP contribution in [0.5, 0.6) is 5.75 Å². The molecule has 9 nitrogen and oxygen atoms in total. The highest BCUT2D eigenvalue weighted by molar-refractivity contribution is 6.08. The molecular formula is C22H25F3N4O5. The zero-order valence-corrected chi connectivity index (χ0v) is 18.6. The standard InChI is InChI=1S/C22H25F3N4O5/c1-3-14-10-17-20(26-11-14)29(12-19(30)27-17)21(31)28-18(13-33-9-8-32-2)15-4-6-16(7-5-15)34-22(23,24)25/h4-7,10-11,18H,3,8-9,12-13H2,1-2H3,(H,27,30)(H,28,31). The second kappa shape index (κ2) is 11.2. The van der Waals surface area contributed by atoms with Crippen molar-refractivity contribution in [1.82, 2.24) is 10.3 Å². The van der Waals surface area contributed by atoms with Crippen LogP contribution in [0.3, 0.4) is 0 Å². The van der Waals surface area contributed by atoms with Crippen molar-refractivity contribution in [2.75, 3.05) is 43.7 Å². The third-order valence-corrected chi connectivity index (χ3v) is 4.94. The van der Waals surface area contributed by atoms with Crippen molar-refractivity contribution in [2.45, 2.75) is 25.7 Å². The van der Waals surface area contributed by atoms with Gasteiger partial charge in [-0.25, -0.2) is 9.78 Å². The maximum Gasteiger partial charge on any atom is 0.573 e. The van der Waals surface area contributed by atoms with Gasteiger partial charge < -0.3 is 24.8 Å². The topological polar surface area (TPSA) is 102 Å². The number of benzene rings is 1. The van der Waals surface area contributed by atoms with E-state index in [-0.39, 0.29) is 31.4 Å². The minimum atomic E-state index is -4.81. The van der Waals surface area contributed by atoms with Gasteiger partial charge in [0.1, 0.15) is 12.3 Å². The number of urea groups is 1. The molecule has 34 heavy (non-hydrogen) atoms. The van der Waals surface area contributed by atoms with Crippen molar-refractivity contribution in [1.29, 1.82) is 0 Å². The number of alkyl halides is 3. The van der Waals surface area contributed by atoms with E-state index >= 15 is 0 Å². The second-order valence-electron chi connectivity index (χ2n) is 7.39. The number of halogens is 3. The molecule has 0 radical (unpaired) electrons. The van der Waals surface area contributed by atoms with E-state index in [0.29, 0.717) is 30.1 Å². The van der Waals surface area contributed by atoms with E-state index in [9.17, 15) is 22.8 Å². The molecule has 3 amide bonds. The minimum absolute atomic E-state index is 0.0175. The van der Waals surface area contributed by atoms with Gasteiger partial charge in [0.05, 0.1) is 31.5 Å². The fraction of sp³-hybridized carbons (Fsp3) is 0.409. The number of carbonyl (C=O) groups is 2. The second-order valence-corrected chi connectivity index (χ2v) is 7.39. The van der Waals surface area contributed by atoms with Crippen molar-refractivity contribution >= 4 is 23.4 Å².